The maximum atomic E-state index is 9.91. The molecule has 2 aromatic carbocycles. The van der Waals surface area contributed by atoms with E-state index in [-0.39, 0.29) is 5.92 Å². The van der Waals surface area contributed by atoms with Crippen molar-refractivity contribution in [2.45, 2.75) is 25.6 Å². The number of imidazole rings is 1. The minimum Gasteiger partial charge on any atom is -0.508 e. The summed E-state index contributed by atoms with van der Waals surface area (Å²) in [6.45, 7) is 3.28. The van der Waals surface area contributed by atoms with Gasteiger partial charge in [0.05, 0.1) is 30.5 Å². The summed E-state index contributed by atoms with van der Waals surface area (Å²) in [5.41, 5.74) is 5.74. The van der Waals surface area contributed by atoms with Crippen molar-refractivity contribution >= 4 is 0 Å². The fourth-order valence-corrected chi connectivity index (χ4v) is 4.12. The summed E-state index contributed by atoms with van der Waals surface area (Å²) < 4.78 is 1.99. The Morgan fingerprint density at radius 3 is 2.79 bits per heavy atom. The first-order valence-corrected chi connectivity index (χ1v) is 9.83. The number of nitrogens with one attached hydrogen (secondary N) is 1. The van der Waals surface area contributed by atoms with Crippen molar-refractivity contribution in [1.82, 2.24) is 24.6 Å². The Kier molecular flexibility index (Phi) is 4.62. The van der Waals surface area contributed by atoms with Crippen LogP contribution in [0.5, 0.6) is 5.75 Å². The average Bonchev–Trinajstić information content (AvgIpc) is 3.37. The number of aromatic nitrogens is 4. The third-order valence-corrected chi connectivity index (χ3v) is 5.46. The summed E-state index contributed by atoms with van der Waals surface area (Å²) in [6, 6.07) is 17.9. The van der Waals surface area contributed by atoms with Crippen molar-refractivity contribution in [3.63, 3.8) is 0 Å². The Labute approximate surface area is 169 Å². The van der Waals surface area contributed by atoms with E-state index in [0.29, 0.717) is 5.75 Å². The van der Waals surface area contributed by atoms with Gasteiger partial charge in [0.1, 0.15) is 5.75 Å². The van der Waals surface area contributed by atoms with Gasteiger partial charge in [-0.1, -0.05) is 42.5 Å². The van der Waals surface area contributed by atoms with Gasteiger partial charge in [0, 0.05) is 37.3 Å². The van der Waals surface area contributed by atoms with E-state index in [0.717, 1.165) is 43.1 Å². The van der Waals surface area contributed by atoms with Gasteiger partial charge in [-0.05, 0) is 23.3 Å². The highest BCUT2D eigenvalue weighted by molar-refractivity contribution is 5.37. The van der Waals surface area contributed by atoms with Crippen LogP contribution in [0.15, 0.2) is 73.3 Å². The molecule has 0 aliphatic carbocycles. The second-order valence-corrected chi connectivity index (χ2v) is 7.62. The minimum absolute atomic E-state index is 0.136. The van der Waals surface area contributed by atoms with Crippen LogP contribution in [0.1, 0.15) is 34.0 Å². The number of hydrogen-bond acceptors (Lipinski definition) is 4. The van der Waals surface area contributed by atoms with E-state index < -0.39 is 0 Å². The molecule has 0 saturated carbocycles. The lowest BCUT2D eigenvalue weighted by atomic mass is 9.90. The molecule has 6 heteroatoms. The number of H-pyrrole nitrogens is 1. The van der Waals surface area contributed by atoms with Crippen molar-refractivity contribution in [2.75, 3.05) is 6.54 Å². The first-order valence-electron chi connectivity index (χ1n) is 9.83. The zero-order chi connectivity index (χ0) is 19.6. The van der Waals surface area contributed by atoms with E-state index in [1.165, 1.54) is 11.1 Å². The van der Waals surface area contributed by atoms with Gasteiger partial charge in [-0.15, -0.1) is 0 Å². The van der Waals surface area contributed by atoms with Crippen LogP contribution >= 0.6 is 0 Å². The molecule has 1 aliphatic heterocycles. The number of nitrogens with zero attached hydrogens (tertiary/aromatic N) is 4. The van der Waals surface area contributed by atoms with Crippen LogP contribution in [-0.4, -0.2) is 36.3 Å². The highest BCUT2D eigenvalue weighted by Gasteiger charge is 2.29. The molecule has 1 unspecified atom stereocenters. The van der Waals surface area contributed by atoms with Crippen molar-refractivity contribution in [2.24, 2.45) is 0 Å². The number of hydrogen-bond donors (Lipinski definition) is 2. The third kappa shape index (κ3) is 3.79. The second-order valence-electron chi connectivity index (χ2n) is 7.62. The molecule has 29 heavy (non-hydrogen) atoms. The first-order chi connectivity index (χ1) is 14.2. The zero-order valence-corrected chi connectivity index (χ0v) is 16.1. The molecule has 0 saturated heterocycles. The smallest absolute Gasteiger partial charge is 0.115 e. The fraction of sp³-hybridized carbons (Fsp3) is 0.217. The Morgan fingerprint density at radius 2 is 1.93 bits per heavy atom. The van der Waals surface area contributed by atoms with Gasteiger partial charge in [0.2, 0.25) is 0 Å². The van der Waals surface area contributed by atoms with Crippen molar-refractivity contribution in [1.29, 1.82) is 0 Å². The normalized spacial score (nSPS) is 16.6. The maximum Gasteiger partial charge on any atom is 0.115 e. The van der Waals surface area contributed by atoms with Crippen LogP contribution in [0.25, 0.3) is 0 Å². The topological polar surface area (TPSA) is 70.0 Å². The SMILES string of the molecule is Oc1cccc(C2CN(Cc3cnn(Cc4ccccc4)c3)Cc3[nH]cnc32)c1. The van der Waals surface area contributed by atoms with Gasteiger partial charge in [0.25, 0.3) is 0 Å². The molecule has 4 aromatic rings. The number of aromatic hydroxyl groups is 1. The Bertz CT molecular complexity index is 1100. The van der Waals surface area contributed by atoms with E-state index in [4.69, 9.17) is 0 Å². The van der Waals surface area contributed by atoms with E-state index in [2.05, 4.69) is 56.5 Å². The van der Waals surface area contributed by atoms with Crippen molar-refractivity contribution in [3.8, 4) is 5.75 Å². The quantitative estimate of drug-likeness (QED) is 0.552. The standard InChI is InChI=1S/C23H23N5O/c29-20-8-4-7-19(9-20)21-14-27(15-22-23(21)25-16-24-22)11-18-10-26-28(13-18)12-17-5-2-1-3-6-17/h1-10,13,16,21,29H,11-12,14-15H2,(H,24,25). The van der Waals surface area contributed by atoms with Crippen LogP contribution < -0.4 is 0 Å². The van der Waals surface area contributed by atoms with Gasteiger partial charge >= 0.3 is 0 Å². The van der Waals surface area contributed by atoms with E-state index in [1.807, 2.05) is 29.1 Å². The summed E-state index contributed by atoms with van der Waals surface area (Å²) in [6.07, 6.45) is 5.84. The second kappa shape index (κ2) is 7.56. The van der Waals surface area contributed by atoms with Crippen LogP contribution in [0, 0.1) is 0 Å². The van der Waals surface area contributed by atoms with Gasteiger partial charge in [-0.25, -0.2) is 4.98 Å². The number of phenols is 1. The Balaban J connectivity index is 1.33. The average molecular weight is 385 g/mol. The lowest BCUT2D eigenvalue weighted by Gasteiger charge is -2.32. The number of benzene rings is 2. The molecule has 0 bridgehead atoms. The van der Waals surface area contributed by atoms with Gasteiger partial charge in [0.15, 0.2) is 0 Å². The molecule has 5 rings (SSSR count). The Hall–Kier alpha value is -3.38. The molecule has 1 aliphatic rings. The molecule has 2 N–H and O–H groups in total. The molecule has 3 heterocycles. The molecule has 2 aromatic heterocycles. The fourth-order valence-electron chi connectivity index (χ4n) is 4.12. The van der Waals surface area contributed by atoms with Gasteiger partial charge < -0.3 is 10.1 Å². The molecule has 0 radical (unpaired) electrons. The third-order valence-electron chi connectivity index (χ3n) is 5.46. The molecular weight excluding hydrogens is 362 g/mol. The molecule has 0 amide bonds. The molecule has 0 spiro atoms. The first kappa shape index (κ1) is 17.7. The number of aromatic amines is 1. The van der Waals surface area contributed by atoms with Crippen molar-refractivity contribution < 1.29 is 5.11 Å². The largest absolute Gasteiger partial charge is 0.508 e. The van der Waals surface area contributed by atoms with Crippen LogP contribution in [0.4, 0.5) is 0 Å². The molecular formula is C23H23N5O. The zero-order valence-electron chi connectivity index (χ0n) is 16.1. The monoisotopic (exact) mass is 385 g/mol. The van der Waals surface area contributed by atoms with E-state index >= 15 is 0 Å². The number of fused-ring (bicyclic) bond motifs is 1. The molecule has 0 fully saturated rings. The predicted molar refractivity (Wildman–Crippen MR) is 110 cm³/mol. The molecule has 146 valence electrons. The number of rotatable bonds is 5. The highest BCUT2D eigenvalue weighted by Crippen LogP contribution is 2.33. The predicted octanol–water partition coefficient (Wildman–Crippen LogP) is 3.51. The summed E-state index contributed by atoms with van der Waals surface area (Å²) >= 11 is 0. The Morgan fingerprint density at radius 1 is 1.03 bits per heavy atom. The highest BCUT2D eigenvalue weighted by atomic mass is 16.3. The van der Waals surface area contributed by atoms with Crippen LogP contribution in [0.3, 0.4) is 0 Å². The summed E-state index contributed by atoms with van der Waals surface area (Å²) in [5.74, 6) is 0.426. The van der Waals surface area contributed by atoms with Gasteiger partial charge in [-0.3, -0.25) is 9.58 Å². The lowest BCUT2D eigenvalue weighted by molar-refractivity contribution is 0.227. The molecule has 6 nitrogen and oxygen atoms in total. The maximum absolute atomic E-state index is 9.91. The number of phenolic OH excluding ortho intramolecular Hbond substituents is 1. The van der Waals surface area contributed by atoms with Crippen molar-refractivity contribution in [3.05, 3.63) is 101 Å². The summed E-state index contributed by atoms with van der Waals surface area (Å²) in [5, 5.41) is 14.5. The summed E-state index contributed by atoms with van der Waals surface area (Å²) in [7, 11) is 0. The molecule has 1 atom stereocenters. The minimum atomic E-state index is 0.136. The van der Waals surface area contributed by atoms with Crippen LogP contribution in [-0.2, 0) is 19.6 Å². The van der Waals surface area contributed by atoms with E-state index in [9.17, 15) is 5.11 Å². The summed E-state index contributed by atoms with van der Waals surface area (Å²) in [4.78, 5) is 10.2. The van der Waals surface area contributed by atoms with E-state index in [1.54, 1.807) is 12.4 Å². The van der Waals surface area contributed by atoms with Crippen LogP contribution in [0.2, 0.25) is 0 Å². The van der Waals surface area contributed by atoms with Gasteiger partial charge in [-0.2, -0.15) is 5.10 Å². The lowest BCUT2D eigenvalue weighted by Crippen LogP contribution is -2.33.